The molecule has 1 amide bonds. The number of carbonyl (C=O) groups is 2. The van der Waals surface area contributed by atoms with Gasteiger partial charge in [-0.15, -0.1) is 10.2 Å². The van der Waals surface area contributed by atoms with Crippen molar-refractivity contribution in [3.8, 4) is 17.1 Å². The number of hydrazone groups is 1. The second-order valence-electron chi connectivity index (χ2n) is 5.67. The SMILES string of the molecule is O=C(O)COc1ccc(/C=N\NC(=O)Cn2nnc(-c3ccccc3Cl)n2)cc1. The molecule has 0 aliphatic rings. The van der Waals surface area contributed by atoms with Crippen LogP contribution in [0.15, 0.2) is 53.6 Å². The van der Waals surface area contributed by atoms with Crippen molar-refractivity contribution in [1.29, 1.82) is 0 Å². The summed E-state index contributed by atoms with van der Waals surface area (Å²) in [5.74, 6) is -0.762. The van der Waals surface area contributed by atoms with E-state index in [1.54, 1.807) is 48.5 Å². The van der Waals surface area contributed by atoms with E-state index in [4.69, 9.17) is 21.4 Å². The fourth-order valence-electron chi connectivity index (χ4n) is 2.20. The maximum atomic E-state index is 12.0. The van der Waals surface area contributed by atoms with E-state index < -0.39 is 18.5 Å². The smallest absolute Gasteiger partial charge is 0.341 e. The van der Waals surface area contributed by atoms with Crippen LogP contribution in [-0.2, 0) is 16.1 Å². The topological polar surface area (TPSA) is 132 Å². The predicted octanol–water partition coefficient (Wildman–Crippen LogP) is 1.61. The number of nitrogens with zero attached hydrogens (tertiary/aromatic N) is 5. The minimum absolute atomic E-state index is 0.170. The van der Waals surface area contributed by atoms with Crippen LogP contribution in [0.25, 0.3) is 11.4 Å². The Hall–Kier alpha value is -3.79. The first-order valence-corrected chi connectivity index (χ1v) is 8.68. The highest BCUT2D eigenvalue weighted by atomic mass is 35.5. The molecule has 0 aliphatic heterocycles. The molecule has 3 rings (SSSR count). The number of hydrogen-bond acceptors (Lipinski definition) is 7. The molecule has 0 bridgehead atoms. The van der Waals surface area contributed by atoms with E-state index in [0.29, 0.717) is 27.7 Å². The first-order chi connectivity index (χ1) is 14.0. The molecule has 0 radical (unpaired) electrons. The van der Waals surface area contributed by atoms with Gasteiger partial charge in [-0.2, -0.15) is 9.90 Å². The van der Waals surface area contributed by atoms with E-state index in [1.165, 1.54) is 6.21 Å². The van der Waals surface area contributed by atoms with Crippen LogP contribution in [0.1, 0.15) is 5.56 Å². The number of aliphatic carboxylic acids is 1. The van der Waals surface area contributed by atoms with Gasteiger partial charge in [-0.25, -0.2) is 10.2 Å². The maximum Gasteiger partial charge on any atom is 0.341 e. The van der Waals surface area contributed by atoms with E-state index in [1.807, 2.05) is 0 Å². The summed E-state index contributed by atoms with van der Waals surface area (Å²) in [4.78, 5) is 23.6. The van der Waals surface area contributed by atoms with Gasteiger partial charge in [0.2, 0.25) is 5.82 Å². The number of rotatable bonds is 8. The number of carboxylic acid groups (broad SMARTS) is 1. The number of aromatic nitrogens is 4. The van der Waals surface area contributed by atoms with Crippen LogP contribution in [0.5, 0.6) is 5.75 Å². The number of ether oxygens (including phenoxy) is 1. The van der Waals surface area contributed by atoms with Crippen LogP contribution in [0.2, 0.25) is 5.02 Å². The molecule has 0 unspecified atom stereocenters. The van der Waals surface area contributed by atoms with Gasteiger partial charge in [0.25, 0.3) is 5.91 Å². The molecular formula is C18H15ClN6O4. The summed E-state index contributed by atoms with van der Waals surface area (Å²) in [6, 6.07) is 13.6. The van der Waals surface area contributed by atoms with Gasteiger partial charge >= 0.3 is 5.97 Å². The van der Waals surface area contributed by atoms with E-state index >= 15 is 0 Å². The number of hydrogen-bond donors (Lipinski definition) is 2. The van der Waals surface area contributed by atoms with Crippen molar-refractivity contribution < 1.29 is 19.4 Å². The van der Waals surface area contributed by atoms with E-state index in [2.05, 4.69) is 25.9 Å². The first kappa shape index (κ1) is 20.0. The minimum Gasteiger partial charge on any atom is -0.482 e. The van der Waals surface area contributed by atoms with Gasteiger partial charge in [0, 0.05) is 5.56 Å². The second-order valence-corrected chi connectivity index (χ2v) is 6.08. The Balaban J connectivity index is 1.51. The zero-order chi connectivity index (χ0) is 20.6. The van der Waals surface area contributed by atoms with E-state index in [9.17, 15) is 9.59 Å². The van der Waals surface area contributed by atoms with Crippen molar-refractivity contribution in [2.24, 2.45) is 5.10 Å². The number of amides is 1. The Morgan fingerprint density at radius 3 is 2.69 bits per heavy atom. The van der Waals surface area contributed by atoms with Gasteiger partial charge in [-0.3, -0.25) is 4.79 Å². The van der Waals surface area contributed by atoms with Crippen LogP contribution in [-0.4, -0.2) is 50.0 Å². The molecule has 2 aromatic carbocycles. The molecule has 11 heteroatoms. The lowest BCUT2D eigenvalue weighted by Gasteiger charge is -2.02. The summed E-state index contributed by atoms with van der Waals surface area (Å²) >= 11 is 6.09. The van der Waals surface area contributed by atoms with Gasteiger partial charge in [0.1, 0.15) is 12.3 Å². The van der Waals surface area contributed by atoms with Crippen molar-refractivity contribution >= 4 is 29.7 Å². The molecule has 0 spiro atoms. The Labute approximate surface area is 169 Å². The standard InChI is InChI=1S/C18H15ClN6O4/c19-15-4-2-1-3-14(15)18-22-24-25(23-18)10-16(26)21-20-9-12-5-7-13(8-6-12)29-11-17(27)28/h1-9H,10-11H2,(H,21,26)(H,27,28)/b20-9-. The van der Waals surface area contributed by atoms with Crippen LogP contribution in [0.3, 0.4) is 0 Å². The van der Waals surface area contributed by atoms with Gasteiger partial charge in [0.15, 0.2) is 6.61 Å². The number of carboxylic acids is 1. The highest BCUT2D eigenvalue weighted by molar-refractivity contribution is 6.33. The molecule has 0 aliphatic carbocycles. The lowest BCUT2D eigenvalue weighted by atomic mass is 10.2. The van der Waals surface area contributed by atoms with Gasteiger partial charge in [-0.1, -0.05) is 23.7 Å². The quantitative estimate of drug-likeness (QED) is 0.422. The predicted molar refractivity (Wildman–Crippen MR) is 104 cm³/mol. The summed E-state index contributed by atoms with van der Waals surface area (Å²) < 4.78 is 5.03. The third kappa shape index (κ3) is 5.84. The Morgan fingerprint density at radius 2 is 1.97 bits per heavy atom. The average molecular weight is 415 g/mol. The highest BCUT2D eigenvalue weighted by Crippen LogP contribution is 2.23. The molecule has 29 heavy (non-hydrogen) atoms. The Kier molecular flexibility index (Phi) is 6.48. The van der Waals surface area contributed by atoms with Crippen LogP contribution < -0.4 is 10.2 Å². The van der Waals surface area contributed by atoms with Crippen molar-refractivity contribution in [3.63, 3.8) is 0 Å². The number of carbonyl (C=O) groups excluding carboxylic acids is 1. The monoisotopic (exact) mass is 414 g/mol. The van der Waals surface area contributed by atoms with Crippen molar-refractivity contribution in [3.05, 3.63) is 59.1 Å². The molecule has 148 valence electrons. The van der Waals surface area contributed by atoms with Crippen LogP contribution >= 0.6 is 11.6 Å². The normalized spacial score (nSPS) is 10.8. The molecule has 0 saturated heterocycles. The number of nitrogens with one attached hydrogen (secondary N) is 1. The summed E-state index contributed by atoms with van der Waals surface area (Å²) in [7, 11) is 0. The van der Waals surface area contributed by atoms with Crippen molar-refractivity contribution in [2.75, 3.05) is 6.61 Å². The lowest BCUT2D eigenvalue weighted by molar-refractivity contribution is -0.139. The summed E-state index contributed by atoms with van der Waals surface area (Å²) in [6.07, 6.45) is 1.43. The third-order valence-electron chi connectivity index (χ3n) is 3.50. The van der Waals surface area contributed by atoms with Crippen molar-refractivity contribution in [2.45, 2.75) is 6.54 Å². The maximum absolute atomic E-state index is 12.0. The molecule has 3 aromatic rings. The minimum atomic E-state index is -1.06. The number of tetrazole rings is 1. The summed E-state index contributed by atoms with van der Waals surface area (Å²) in [6.45, 7) is -0.589. The fourth-order valence-corrected chi connectivity index (χ4v) is 2.42. The van der Waals surface area contributed by atoms with E-state index in [0.717, 1.165) is 4.80 Å². The third-order valence-corrected chi connectivity index (χ3v) is 3.83. The lowest BCUT2D eigenvalue weighted by Crippen LogP contribution is -2.24. The highest BCUT2D eigenvalue weighted by Gasteiger charge is 2.11. The summed E-state index contributed by atoms with van der Waals surface area (Å²) in [5.41, 5.74) is 3.67. The Bertz CT molecular complexity index is 1030. The van der Waals surface area contributed by atoms with Crippen molar-refractivity contribution in [1.82, 2.24) is 25.6 Å². The molecule has 0 fully saturated rings. The largest absolute Gasteiger partial charge is 0.482 e. The Morgan fingerprint density at radius 1 is 1.21 bits per heavy atom. The average Bonchev–Trinajstić information content (AvgIpc) is 3.15. The zero-order valence-electron chi connectivity index (χ0n) is 14.9. The molecule has 10 nitrogen and oxygen atoms in total. The molecule has 0 atom stereocenters. The van der Waals surface area contributed by atoms with Gasteiger partial charge in [-0.05, 0) is 47.2 Å². The first-order valence-electron chi connectivity index (χ1n) is 8.30. The fraction of sp³-hybridized carbons (Fsp3) is 0.111. The number of halogens is 1. The molecule has 2 N–H and O–H groups in total. The molecular weight excluding hydrogens is 400 g/mol. The van der Waals surface area contributed by atoms with Crippen LogP contribution in [0.4, 0.5) is 0 Å². The number of benzene rings is 2. The van der Waals surface area contributed by atoms with Crippen LogP contribution in [0, 0.1) is 0 Å². The van der Waals surface area contributed by atoms with Gasteiger partial charge in [0.05, 0.1) is 11.2 Å². The zero-order valence-corrected chi connectivity index (χ0v) is 15.7. The second kappa shape index (κ2) is 9.42. The molecule has 1 heterocycles. The van der Waals surface area contributed by atoms with E-state index in [-0.39, 0.29) is 6.54 Å². The van der Waals surface area contributed by atoms with Gasteiger partial charge < -0.3 is 9.84 Å². The summed E-state index contributed by atoms with van der Waals surface area (Å²) in [5, 5.41) is 24.8. The molecule has 1 aromatic heterocycles. The molecule has 0 saturated carbocycles.